The Bertz CT molecular complexity index is 1270. The smallest absolute Gasteiger partial charge is 0.270 e. The molecule has 3 rings (SSSR count). The Hall–Kier alpha value is -3.11. The van der Waals surface area contributed by atoms with Gasteiger partial charge in [-0.05, 0) is 61.4 Å². The first-order chi connectivity index (χ1) is 14.7. The number of carbonyl (C=O) groups excluding carboxylic acids is 1. The summed E-state index contributed by atoms with van der Waals surface area (Å²) in [6.45, 7) is 3.94. The van der Waals surface area contributed by atoms with Crippen molar-refractivity contribution in [2.45, 2.75) is 28.8 Å². The van der Waals surface area contributed by atoms with Gasteiger partial charge in [0.25, 0.3) is 5.56 Å². The number of sulfone groups is 1. The summed E-state index contributed by atoms with van der Waals surface area (Å²) >= 11 is 0.999. The van der Waals surface area contributed by atoms with Crippen molar-refractivity contribution in [3.63, 3.8) is 0 Å². The maximum atomic E-state index is 12.7. The molecule has 0 radical (unpaired) electrons. The number of ether oxygens (including phenoxy) is 1. The third-order valence-electron chi connectivity index (χ3n) is 4.53. The molecule has 10 heteroatoms. The highest BCUT2D eigenvalue weighted by Gasteiger charge is 2.22. The molecule has 0 atom stereocenters. The number of hydrogen-bond donors (Lipinski definition) is 2. The Balaban J connectivity index is 1.69. The number of anilines is 1. The summed E-state index contributed by atoms with van der Waals surface area (Å²) in [6.07, 6.45) is 1.00. The van der Waals surface area contributed by atoms with E-state index in [2.05, 4.69) is 15.3 Å². The second kappa shape index (κ2) is 9.36. The van der Waals surface area contributed by atoms with Crippen LogP contribution in [-0.4, -0.2) is 37.2 Å². The summed E-state index contributed by atoms with van der Waals surface area (Å²) in [5.41, 5.74) is 2.06. The van der Waals surface area contributed by atoms with Gasteiger partial charge >= 0.3 is 0 Å². The van der Waals surface area contributed by atoms with E-state index >= 15 is 0 Å². The number of benzene rings is 2. The highest BCUT2D eigenvalue weighted by molar-refractivity contribution is 7.99. The van der Waals surface area contributed by atoms with Crippen molar-refractivity contribution in [3.8, 4) is 5.75 Å². The third kappa shape index (κ3) is 5.33. The molecule has 162 valence electrons. The number of H-pyrrole nitrogens is 1. The minimum Gasteiger partial charge on any atom is -0.497 e. The normalized spacial score (nSPS) is 11.2. The van der Waals surface area contributed by atoms with Crippen LogP contribution in [0.4, 0.5) is 5.69 Å². The zero-order valence-corrected chi connectivity index (χ0v) is 18.8. The average molecular weight is 460 g/mol. The number of nitrogens with one attached hydrogen (secondary N) is 2. The second-order valence-electron chi connectivity index (χ2n) is 6.70. The van der Waals surface area contributed by atoms with E-state index in [1.165, 1.54) is 31.4 Å². The lowest BCUT2D eigenvalue weighted by Crippen LogP contribution is -2.20. The number of methoxy groups -OCH3 is 1. The van der Waals surface area contributed by atoms with E-state index in [1.807, 2.05) is 32.0 Å². The van der Waals surface area contributed by atoms with Crippen LogP contribution < -0.4 is 15.6 Å². The summed E-state index contributed by atoms with van der Waals surface area (Å²) in [6, 6.07) is 11.3. The molecule has 2 N–H and O–H groups in total. The molecule has 3 aromatic rings. The van der Waals surface area contributed by atoms with Crippen molar-refractivity contribution >= 4 is 33.2 Å². The molecule has 0 aliphatic heterocycles. The Morgan fingerprint density at radius 2 is 1.84 bits per heavy atom. The Morgan fingerprint density at radius 3 is 2.45 bits per heavy atom. The van der Waals surface area contributed by atoms with Gasteiger partial charge in [0.2, 0.25) is 15.7 Å². The zero-order valence-electron chi connectivity index (χ0n) is 17.1. The van der Waals surface area contributed by atoms with Crippen molar-refractivity contribution in [3.05, 3.63) is 70.1 Å². The van der Waals surface area contributed by atoms with Crippen LogP contribution in [0.1, 0.15) is 11.1 Å². The SMILES string of the molecule is COc1ccc(S(=O)(=O)c2cnc(SCC(=O)Nc3ccc(C)c(C)c3)[nH]c2=O)cc1. The van der Waals surface area contributed by atoms with Crippen molar-refractivity contribution in [1.82, 2.24) is 9.97 Å². The van der Waals surface area contributed by atoms with E-state index in [0.29, 0.717) is 11.4 Å². The molecule has 1 amide bonds. The minimum atomic E-state index is -4.04. The van der Waals surface area contributed by atoms with Crippen LogP contribution in [0.25, 0.3) is 0 Å². The average Bonchev–Trinajstić information content (AvgIpc) is 2.75. The highest BCUT2D eigenvalue weighted by atomic mass is 32.2. The van der Waals surface area contributed by atoms with Gasteiger partial charge in [0.05, 0.1) is 24.0 Å². The van der Waals surface area contributed by atoms with E-state index in [4.69, 9.17) is 4.74 Å². The van der Waals surface area contributed by atoms with E-state index in [0.717, 1.165) is 29.1 Å². The summed E-state index contributed by atoms with van der Waals surface area (Å²) in [5.74, 6) is 0.225. The van der Waals surface area contributed by atoms with Gasteiger partial charge in [-0.1, -0.05) is 17.8 Å². The van der Waals surface area contributed by atoms with E-state index in [9.17, 15) is 18.0 Å². The lowest BCUT2D eigenvalue weighted by atomic mass is 10.1. The second-order valence-corrected chi connectivity index (χ2v) is 9.58. The van der Waals surface area contributed by atoms with Crippen molar-refractivity contribution in [2.75, 3.05) is 18.2 Å². The maximum Gasteiger partial charge on any atom is 0.270 e. The van der Waals surface area contributed by atoms with E-state index in [1.54, 1.807) is 0 Å². The zero-order chi connectivity index (χ0) is 22.6. The van der Waals surface area contributed by atoms with Crippen LogP contribution >= 0.6 is 11.8 Å². The number of aryl methyl sites for hydroxylation is 2. The van der Waals surface area contributed by atoms with Crippen LogP contribution in [0.3, 0.4) is 0 Å². The Kier molecular flexibility index (Phi) is 6.81. The summed E-state index contributed by atoms with van der Waals surface area (Å²) in [5, 5.41) is 2.92. The Labute approximate surface area is 184 Å². The van der Waals surface area contributed by atoms with Gasteiger partial charge in [-0.15, -0.1) is 0 Å². The van der Waals surface area contributed by atoms with Gasteiger partial charge in [-0.25, -0.2) is 13.4 Å². The van der Waals surface area contributed by atoms with Gasteiger partial charge in [-0.3, -0.25) is 9.59 Å². The van der Waals surface area contributed by atoms with Gasteiger partial charge in [0, 0.05) is 5.69 Å². The molecule has 0 aliphatic rings. The molecule has 0 saturated carbocycles. The Morgan fingerprint density at radius 1 is 1.13 bits per heavy atom. The minimum absolute atomic E-state index is 0.000437. The number of nitrogens with zero attached hydrogens (tertiary/aromatic N) is 1. The monoisotopic (exact) mass is 459 g/mol. The summed E-state index contributed by atoms with van der Waals surface area (Å²) in [7, 11) is -2.57. The van der Waals surface area contributed by atoms with Crippen molar-refractivity contribution in [2.24, 2.45) is 0 Å². The first-order valence-electron chi connectivity index (χ1n) is 9.19. The fourth-order valence-electron chi connectivity index (χ4n) is 2.66. The molecule has 1 aromatic heterocycles. The molecule has 0 fully saturated rings. The molecule has 2 aromatic carbocycles. The number of carbonyl (C=O) groups is 1. The van der Waals surface area contributed by atoms with E-state index < -0.39 is 20.3 Å². The number of hydrogen-bond acceptors (Lipinski definition) is 7. The van der Waals surface area contributed by atoms with Crippen LogP contribution in [0.5, 0.6) is 5.75 Å². The van der Waals surface area contributed by atoms with Gasteiger partial charge < -0.3 is 15.0 Å². The molecule has 0 unspecified atom stereocenters. The quantitative estimate of drug-likeness (QED) is 0.412. The number of amides is 1. The lowest BCUT2D eigenvalue weighted by Gasteiger charge is -2.08. The number of aromatic amines is 1. The predicted octanol–water partition coefficient (Wildman–Crippen LogP) is 2.96. The largest absolute Gasteiger partial charge is 0.497 e. The fraction of sp³-hybridized carbons (Fsp3) is 0.190. The molecule has 0 bridgehead atoms. The summed E-state index contributed by atoms with van der Waals surface area (Å²) in [4.78, 5) is 30.4. The first-order valence-corrected chi connectivity index (χ1v) is 11.7. The molecular weight excluding hydrogens is 438 g/mol. The maximum absolute atomic E-state index is 12.7. The lowest BCUT2D eigenvalue weighted by molar-refractivity contribution is -0.113. The number of rotatable bonds is 7. The predicted molar refractivity (Wildman–Crippen MR) is 119 cm³/mol. The molecule has 1 heterocycles. The van der Waals surface area contributed by atoms with Crippen molar-refractivity contribution in [1.29, 1.82) is 0 Å². The first kappa shape index (κ1) is 22.6. The number of aromatic nitrogens is 2. The van der Waals surface area contributed by atoms with Crippen LogP contribution in [0.2, 0.25) is 0 Å². The van der Waals surface area contributed by atoms with Gasteiger partial charge in [0.15, 0.2) is 10.1 Å². The third-order valence-corrected chi connectivity index (χ3v) is 7.18. The topological polar surface area (TPSA) is 118 Å². The molecule has 0 saturated heterocycles. The molecule has 0 aliphatic carbocycles. The van der Waals surface area contributed by atoms with Crippen molar-refractivity contribution < 1.29 is 17.9 Å². The standard InChI is InChI=1S/C21H21N3O5S2/c1-13-4-5-15(10-14(13)2)23-19(25)12-30-21-22-11-18(20(26)24-21)31(27,28)17-8-6-16(29-3)7-9-17/h4-11H,12H2,1-3H3,(H,23,25)(H,22,24,26). The molecule has 8 nitrogen and oxygen atoms in total. The van der Waals surface area contributed by atoms with Gasteiger partial charge in [-0.2, -0.15) is 0 Å². The fourth-order valence-corrected chi connectivity index (χ4v) is 4.53. The van der Waals surface area contributed by atoms with Gasteiger partial charge in [0.1, 0.15) is 5.75 Å². The molecule has 31 heavy (non-hydrogen) atoms. The molecule has 0 spiro atoms. The number of thioether (sulfide) groups is 1. The van der Waals surface area contributed by atoms with Crippen LogP contribution in [0, 0.1) is 13.8 Å². The summed E-state index contributed by atoms with van der Waals surface area (Å²) < 4.78 is 30.4. The molecular formula is C21H21N3O5S2. The van der Waals surface area contributed by atoms with Crippen LogP contribution in [0.15, 0.2) is 68.4 Å². The highest BCUT2D eigenvalue weighted by Crippen LogP contribution is 2.21. The van der Waals surface area contributed by atoms with Crippen LogP contribution in [-0.2, 0) is 14.6 Å². The van der Waals surface area contributed by atoms with E-state index in [-0.39, 0.29) is 21.7 Å².